The Morgan fingerprint density at radius 1 is 1.22 bits per heavy atom. The summed E-state index contributed by atoms with van der Waals surface area (Å²) < 4.78 is 7.92. The number of thioether (sulfide) groups is 1. The Labute approximate surface area is 161 Å². The number of nitro groups is 1. The SMILES string of the molecule is Cc1nc(SCc2nnc(-c3ccc([N+](=O)[O-])cc3)o2)n(CC(C)C)c1C. The monoisotopic (exact) mass is 387 g/mol. The summed E-state index contributed by atoms with van der Waals surface area (Å²) >= 11 is 1.56. The van der Waals surface area contributed by atoms with Gasteiger partial charge in [0.05, 0.1) is 16.4 Å². The molecule has 0 unspecified atom stereocenters. The second-order valence-corrected chi connectivity index (χ2v) is 7.61. The third-order valence-corrected chi connectivity index (χ3v) is 5.05. The largest absolute Gasteiger partial charge is 0.420 e. The summed E-state index contributed by atoms with van der Waals surface area (Å²) in [4.78, 5) is 14.9. The van der Waals surface area contributed by atoms with Crippen LogP contribution in [0.3, 0.4) is 0 Å². The maximum atomic E-state index is 10.7. The number of rotatable bonds is 7. The Kier molecular flexibility index (Phi) is 5.59. The fourth-order valence-corrected chi connectivity index (χ4v) is 3.53. The highest BCUT2D eigenvalue weighted by molar-refractivity contribution is 7.98. The average molecular weight is 387 g/mol. The maximum absolute atomic E-state index is 10.7. The number of nitro benzene ring substituents is 1. The molecule has 2 aromatic heterocycles. The van der Waals surface area contributed by atoms with Gasteiger partial charge >= 0.3 is 0 Å². The highest BCUT2D eigenvalue weighted by Crippen LogP contribution is 2.27. The van der Waals surface area contributed by atoms with Gasteiger partial charge in [-0.25, -0.2) is 4.98 Å². The van der Waals surface area contributed by atoms with E-state index in [1.165, 1.54) is 17.8 Å². The molecule has 0 bridgehead atoms. The third kappa shape index (κ3) is 4.36. The standard InChI is InChI=1S/C18H21N5O3S/c1-11(2)9-22-13(4)12(3)19-18(22)27-10-16-20-21-17(26-16)14-5-7-15(8-6-14)23(24)25/h5-8,11H,9-10H2,1-4H3. The predicted octanol–water partition coefficient (Wildman–Crippen LogP) is 4.41. The second kappa shape index (κ2) is 7.91. The van der Waals surface area contributed by atoms with Crippen molar-refractivity contribution in [3.05, 3.63) is 51.7 Å². The quantitative estimate of drug-likeness (QED) is 0.336. The number of nitrogens with zero attached hydrogens (tertiary/aromatic N) is 5. The lowest BCUT2D eigenvalue weighted by Crippen LogP contribution is -2.07. The fraction of sp³-hybridized carbons (Fsp3) is 0.389. The average Bonchev–Trinajstić information content (AvgIpc) is 3.20. The summed E-state index contributed by atoms with van der Waals surface area (Å²) in [6.45, 7) is 9.35. The molecular formula is C18H21N5O3S. The molecule has 0 spiro atoms. The lowest BCUT2D eigenvalue weighted by molar-refractivity contribution is -0.384. The zero-order valence-corrected chi connectivity index (χ0v) is 16.5. The molecule has 0 radical (unpaired) electrons. The topological polar surface area (TPSA) is 99.9 Å². The van der Waals surface area contributed by atoms with Gasteiger partial charge in [0.25, 0.3) is 5.69 Å². The Morgan fingerprint density at radius 2 is 1.93 bits per heavy atom. The van der Waals surface area contributed by atoms with Gasteiger partial charge in [0, 0.05) is 29.9 Å². The first-order valence-corrected chi connectivity index (χ1v) is 9.57. The first-order valence-electron chi connectivity index (χ1n) is 8.59. The van der Waals surface area contributed by atoms with Gasteiger partial charge in [-0.1, -0.05) is 25.6 Å². The maximum Gasteiger partial charge on any atom is 0.269 e. The van der Waals surface area contributed by atoms with E-state index in [-0.39, 0.29) is 5.69 Å². The number of benzene rings is 1. The molecule has 0 saturated carbocycles. The first kappa shape index (κ1) is 19.1. The molecule has 0 amide bonds. The van der Waals surface area contributed by atoms with E-state index in [9.17, 15) is 10.1 Å². The molecular weight excluding hydrogens is 366 g/mol. The van der Waals surface area contributed by atoms with E-state index >= 15 is 0 Å². The minimum atomic E-state index is -0.442. The van der Waals surface area contributed by atoms with Crippen LogP contribution in [0.2, 0.25) is 0 Å². The minimum Gasteiger partial charge on any atom is -0.420 e. The summed E-state index contributed by atoms with van der Waals surface area (Å²) in [5.41, 5.74) is 2.87. The number of hydrogen-bond acceptors (Lipinski definition) is 7. The van der Waals surface area contributed by atoms with Crippen molar-refractivity contribution in [2.45, 2.75) is 45.1 Å². The van der Waals surface area contributed by atoms with E-state index in [0.29, 0.717) is 29.0 Å². The van der Waals surface area contributed by atoms with Crippen LogP contribution in [0.5, 0.6) is 0 Å². The predicted molar refractivity (Wildman–Crippen MR) is 102 cm³/mol. The molecule has 27 heavy (non-hydrogen) atoms. The molecule has 3 aromatic rings. The van der Waals surface area contributed by atoms with Crippen molar-refractivity contribution in [3.8, 4) is 11.5 Å². The third-order valence-electron chi connectivity index (χ3n) is 4.09. The summed E-state index contributed by atoms with van der Waals surface area (Å²) in [6, 6.07) is 6.04. The van der Waals surface area contributed by atoms with Gasteiger partial charge in [-0.15, -0.1) is 10.2 Å². The van der Waals surface area contributed by atoms with Crippen LogP contribution in [0.1, 0.15) is 31.1 Å². The molecule has 0 N–H and O–H groups in total. The second-order valence-electron chi connectivity index (χ2n) is 6.66. The Hall–Kier alpha value is -2.68. The zero-order chi connectivity index (χ0) is 19.6. The molecule has 8 nitrogen and oxygen atoms in total. The Balaban J connectivity index is 1.72. The van der Waals surface area contributed by atoms with Crippen molar-refractivity contribution >= 4 is 17.4 Å². The molecule has 0 atom stereocenters. The van der Waals surface area contributed by atoms with Gasteiger partial charge in [0.15, 0.2) is 5.16 Å². The number of hydrogen-bond donors (Lipinski definition) is 0. The van der Waals surface area contributed by atoms with Gasteiger partial charge in [0.1, 0.15) is 0 Å². The van der Waals surface area contributed by atoms with Crippen LogP contribution in [0.15, 0.2) is 33.8 Å². The van der Waals surface area contributed by atoms with Crippen LogP contribution in [0, 0.1) is 29.9 Å². The minimum absolute atomic E-state index is 0.0248. The molecule has 0 aliphatic rings. The normalized spacial score (nSPS) is 11.3. The van der Waals surface area contributed by atoms with E-state index in [1.807, 2.05) is 6.92 Å². The van der Waals surface area contributed by atoms with E-state index in [2.05, 4.69) is 40.5 Å². The summed E-state index contributed by atoms with van der Waals surface area (Å²) in [7, 11) is 0. The Morgan fingerprint density at radius 3 is 2.56 bits per heavy atom. The molecule has 0 saturated heterocycles. The van der Waals surface area contributed by atoms with E-state index in [0.717, 1.165) is 17.4 Å². The van der Waals surface area contributed by atoms with Crippen LogP contribution in [-0.2, 0) is 12.3 Å². The molecule has 0 aliphatic heterocycles. The van der Waals surface area contributed by atoms with E-state index in [1.54, 1.807) is 23.9 Å². The van der Waals surface area contributed by atoms with Crippen molar-refractivity contribution in [3.63, 3.8) is 0 Å². The zero-order valence-electron chi connectivity index (χ0n) is 15.7. The van der Waals surface area contributed by atoms with Crippen molar-refractivity contribution in [2.75, 3.05) is 0 Å². The Bertz CT molecular complexity index is 947. The highest BCUT2D eigenvalue weighted by Gasteiger charge is 2.15. The molecule has 2 heterocycles. The van der Waals surface area contributed by atoms with Crippen LogP contribution < -0.4 is 0 Å². The highest BCUT2D eigenvalue weighted by atomic mass is 32.2. The lowest BCUT2D eigenvalue weighted by Gasteiger charge is -2.11. The summed E-state index contributed by atoms with van der Waals surface area (Å²) in [6.07, 6.45) is 0. The fourth-order valence-electron chi connectivity index (χ4n) is 2.59. The summed E-state index contributed by atoms with van der Waals surface area (Å²) in [5.74, 6) is 1.86. The van der Waals surface area contributed by atoms with E-state index in [4.69, 9.17) is 4.42 Å². The van der Waals surface area contributed by atoms with Crippen molar-refractivity contribution in [1.82, 2.24) is 19.7 Å². The van der Waals surface area contributed by atoms with Gasteiger partial charge < -0.3 is 8.98 Å². The van der Waals surface area contributed by atoms with Crippen molar-refractivity contribution in [2.24, 2.45) is 5.92 Å². The van der Waals surface area contributed by atoms with Crippen LogP contribution in [0.25, 0.3) is 11.5 Å². The van der Waals surface area contributed by atoms with Crippen LogP contribution >= 0.6 is 11.8 Å². The van der Waals surface area contributed by atoms with Gasteiger partial charge in [-0.05, 0) is 31.9 Å². The molecule has 1 aromatic carbocycles. The number of aryl methyl sites for hydroxylation is 1. The summed E-state index contributed by atoms with van der Waals surface area (Å²) in [5, 5.41) is 19.8. The van der Waals surface area contributed by atoms with Gasteiger partial charge in [0.2, 0.25) is 11.8 Å². The van der Waals surface area contributed by atoms with Gasteiger partial charge in [-0.2, -0.15) is 0 Å². The molecule has 0 aliphatic carbocycles. The van der Waals surface area contributed by atoms with Crippen molar-refractivity contribution < 1.29 is 9.34 Å². The molecule has 9 heteroatoms. The molecule has 0 fully saturated rings. The lowest BCUT2D eigenvalue weighted by atomic mass is 10.2. The first-order chi connectivity index (χ1) is 12.8. The van der Waals surface area contributed by atoms with Crippen LogP contribution in [0.4, 0.5) is 5.69 Å². The smallest absolute Gasteiger partial charge is 0.269 e. The van der Waals surface area contributed by atoms with E-state index < -0.39 is 4.92 Å². The van der Waals surface area contributed by atoms with Gasteiger partial charge in [-0.3, -0.25) is 10.1 Å². The van der Waals surface area contributed by atoms with Crippen LogP contribution in [-0.4, -0.2) is 24.7 Å². The number of aromatic nitrogens is 4. The van der Waals surface area contributed by atoms with Crippen molar-refractivity contribution in [1.29, 1.82) is 0 Å². The number of non-ortho nitro benzene ring substituents is 1. The number of imidazole rings is 1. The molecule has 3 rings (SSSR count). The molecule has 142 valence electrons.